The second-order valence-corrected chi connectivity index (χ2v) is 3.88. The summed E-state index contributed by atoms with van der Waals surface area (Å²) in [6, 6.07) is 0. The molecule has 15 heavy (non-hydrogen) atoms. The summed E-state index contributed by atoms with van der Waals surface area (Å²) >= 11 is 0. The zero-order chi connectivity index (χ0) is 10.9. The van der Waals surface area contributed by atoms with Crippen LogP contribution < -0.4 is 0 Å². The van der Waals surface area contributed by atoms with Crippen LogP contribution in [0.15, 0.2) is 12.7 Å². The van der Waals surface area contributed by atoms with E-state index >= 15 is 0 Å². The van der Waals surface area contributed by atoms with Gasteiger partial charge in [-0.15, -0.1) is 0 Å². The molecule has 0 spiro atoms. The number of carbonyl (C=O) groups excluding carboxylic acids is 1. The molecule has 0 aromatic rings. The van der Waals surface area contributed by atoms with Gasteiger partial charge in [-0.1, -0.05) is 32.3 Å². The van der Waals surface area contributed by atoms with Gasteiger partial charge < -0.3 is 9.47 Å². The molecule has 0 radical (unpaired) electrons. The number of hydrogen-bond acceptors (Lipinski definition) is 3. The molecular formula is C12H20O3. The van der Waals surface area contributed by atoms with Crippen LogP contribution in [0.1, 0.15) is 38.5 Å². The lowest BCUT2D eigenvalue weighted by atomic mass is 10.1. The van der Waals surface area contributed by atoms with Crippen molar-refractivity contribution in [2.75, 3.05) is 13.2 Å². The van der Waals surface area contributed by atoms with E-state index in [1.165, 1.54) is 31.8 Å². The Bertz CT molecular complexity index is 197. The molecule has 1 fully saturated rings. The van der Waals surface area contributed by atoms with Crippen LogP contribution in [0.5, 0.6) is 0 Å². The predicted octanol–water partition coefficient (Wildman–Crippen LogP) is 2.46. The summed E-state index contributed by atoms with van der Waals surface area (Å²) in [6.07, 6.45) is 8.82. The second kappa shape index (κ2) is 7.46. The van der Waals surface area contributed by atoms with Crippen molar-refractivity contribution in [3.05, 3.63) is 12.7 Å². The molecule has 86 valence electrons. The summed E-state index contributed by atoms with van der Waals surface area (Å²) < 4.78 is 9.99. The highest BCUT2D eigenvalue weighted by Gasteiger charge is 2.20. The van der Waals surface area contributed by atoms with Crippen LogP contribution >= 0.6 is 0 Å². The van der Waals surface area contributed by atoms with Crippen LogP contribution in [0.3, 0.4) is 0 Å². The maximum Gasteiger partial charge on any atom is 0.330 e. The smallest absolute Gasteiger partial charge is 0.330 e. The predicted molar refractivity (Wildman–Crippen MR) is 58.6 cm³/mol. The van der Waals surface area contributed by atoms with Crippen molar-refractivity contribution in [3.8, 4) is 0 Å². The lowest BCUT2D eigenvalue weighted by Crippen LogP contribution is -2.01. The van der Waals surface area contributed by atoms with Gasteiger partial charge >= 0.3 is 5.97 Å². The molecule has 0 amide bonds. The van der Waals surface area contributed by atoms with E-state index in [0.29, 0.717) is 12.7 Å². The summed E-state index contributed by atoms with van der Waals surface area (Å²) in [4.78, 5) is 10.7. The molecule has 1 atom stereocenters. The fraction of sp³-hybridized carbons (Fsp3) is 0.750. The van der Waals surface area contributed by atoms with Gasteiger partial charge in [0.25, 0.3) is 0 Å². The molecular weight excluding hydrogens is 192 g/mol. The van der Waals surface area contributed by atoms with Gasteiger partial charge in [-0.25, -0.2) is 4.79 Å². The minimum atomic E-state index is -0.319. The van der Waals surface area contributed by atoms with Crippen LogP contribution in [0.25, 0.3) is 0 Å². The number of epoxide rings is 1. The van der Waals surface area contributed by atoms with E-state index in [4.69, 9.17) is 9.47 Å². The van der Waals surface area contributed by atoms with Gasteiger partial charge in [0.2, 0.25) is 0 Å². The van der Waals surface area contributed by atoms with E-state index in [0.717, 1.165) is 19.4 Å². The third kappa shape index (κ3) is 7.14. The van der Waals surface area contributed by atoms with E-state index in [1.54, 1.807) is 0 Å². The van der Waals surface area contributed by atoms with Gasteiger partial charge in [0.15, 0.2) is 0 Å². The van der Waals surface area contributed by atoms with Gasteiger partial charge in [0, 0.05) is 6.08 Å². The molecule has 1 unspecified atom stereocenters. The molecule has 3 heteroatoms. The van der Waals surface area contributed by atoms with Gasteiger partial charge in [-0.2, -0.15) is 0 Å². The third-order valence-electron chi connectivity index (χ3n) is 2.48. The highest BCUT2D eigenvalue weighted by Crippen LogP contribution is 2.17. The van der Waals surface area contributed by atoms with Crippen molar-refractivity contribution < 1.29 is 14.3 Å². The van der Waals surface area contributed by atoms with E-state index in [1.807, 2.05) is 0 Å². The Balaban J connectivity index is 1.72. The van der Waals surface area contributed by atoms with Gasteiger partial charge in [-0.3, -0.25) is 0 Å². The topological polar surface area (TPSA) is 38.8 Å². The van der Waals surface area contributed by atoms with Crippen molar-refractivity contribution in [2.45, 2.75) is 44.6 Å². The van der Waals surface area contributed by atoms with Crippen LogP contribution in [0.2, 0.25) is 0 Å². The molecule has 1 heterocycles. The molecule has 0 saturated carbocycles. The SMILES string of the molecule is C=CC(=O)OCCCCCCCC1CO1. The van der Waals surface area contributed by atoms with E-state index in [9.17, 15) is 4.79 Å². The van der Waals surface area contributed by atoms with E-state index in [2.05, 4.69) is 6.58 Å². The summed E-state index contributed by atoms with van der Waals surface area (Å²) in [7, 11) is 0. The Morgan fingerprint density at radius 2 is 2.00 bits per heavy atom. The molecule has 0 aromatic carbocycles. The first-order valence-corrected chi connectivity index (χ1v) is 5.73. The Labute approximate surface area is 91.4 Å². The Morgan fingerprint density at radius 3 is 2.67 bits per heavy atom. The molecule has 0 N–H and O–H groups in total. The van der Waals surface area contributed by atoms with Crippen LogP contribution in [-0.2, 0) is 14.3 Å². The highest BCUT2D eigenvalue weighted by atomic mass is 16.6. The molecule has 1 aliphatic rings. The summed E-state index contributed by atoms with van der Waals surface area (Å²) in [5, 5.41) is 0. The maximum atomic E-state index is 10.7. The van der Waals surface area contributed by atoms with Gasteiger partial charge in [0.05, 0.1) is 19.3 Å². The number of rotatable bonds is 9. The lowest BCUT2D eigenvalue weighted by molar-refractivity contribution is -0.137. The number of ether oxygens (including phenoxy) is 2. The number of hydrogen-bond donors (Lipinski definition) is 0. The molecule has 0 aromatic heterocycles. The van der Waals surface area contributed by atoms with Crippen LogP contribution in [0, 0.1) is 0 Å². The monoisotopic (exact) mass is 212 g/mol. The molecule has 3 nitrogen and oxygen atoms in total. The highest BCUT2D eigenvalue weighted by molar-refractivity contribution is 5.81. The number of carbonyl (C=O) groups is 1. The minimum Gasteiger partial charge on any atom is -0.463 e. The summed E-state index contributed by atoms with van der Waals surface area (Å²) in [5.41, 5.74) is 0. The van der Waals surface area contributed by atoms with Crippen molar-refractivity contribution in [1.82, 2.24) is 0 Å². The summed E-state index contributed by atoms with van der Waals surface area (Å²) in [6.45, 7) is 4.83. The largest absolute Gasteiger partial charge is 0.463 e. The molecule has 1 rings (SSSR count). The Kier molecular flexibility index (Phi) is 6.09. The quantitative estimate of drug-likeness (QED) is 0.255. The van der Waals surface area contributed by atoms with Crippen LogP contribution in [0.4, 0.5) is 0 Å². The van der Waals surface area contributed by atoms with Crippen molar-refractivity contribution in [1.29, 1.82) is 0 Å². The first kappa shape index (κ1) is 12.2. The summed E-state index contributed by atoms with van der Waals surface area (Å²) in [5.74, 6) is -0.319. The molecule has 1 aliphatic heterocycles. The first-order valence-electron chi connectivity index (χ1n) is 5.73. The van der Waals surface area contributed by atoms with Crippen molar-refractivity contribution >= 4 is 5.97 Å². The zero-order valence-corrected chi connectivity index (χ0v) is 9.24. The third-order valence-corrected chi connectivity index (χ3v) is 2.48. The second-order valence-electron chi connectivity index (χ2n) is 3.88. The van der Waals surface area contributed by atoms with Crippen molar-refractivity contribution in [2.24, 2.45) is 0 Å². The maximum absolute atomic E-state index is 10.7. The number of esters is 1. The average molecular weight is 212 g/mol. The standard InChI is InChI=1S/C12H20O3/c1-2-12(13)14-9-7-5-3-4-6-8-11-10-15-11/h2,11H,1,3-10H2. The molecule has 0 bridgehead atoms. The van der Waals surface area contributed by atoms with E-state index in [-0.39, 0.29) is 5.97 Å². The fourth-order valence-corrected chi connectivity index (χ4v) is 1.47. The molecule has 1 saturated heterocycles. The van der Waals surface area contributed by atoms with E-state index < -0.39 is 0 Å². The zero-order valence-electron chi connectivity index (χ0n) is 9.24. The Morgan fingerprint density at radius 1 is 1.33 bits per heavy atom. The van der Waals surface area contributed by atoms with Crippen LogP contribution in [-0.4, -0.2) is 25.3 Å². The Hall–Kier alpha value is -0.830. The average Bonchev–Trinajstić information content (AvgIpc) is 3.05. The van der Waals surface area contributed by atoms with Gasteiger partial charge in [0.1, 0.15) is 0 Å². The normalized spacial score (nSPS) is 18.5. The fourth-order valence-electron chi connectivity index (χ4n) is 1.47. The number of unbranched alkanes of at least 4 members (excludes halogenated alkanes) is 4. The first-order chi connectivity index (χ1) is 7.33. The lowest BCUT2D eigenvalue weighted by Gasteiger charge is -2.01. The minimum absolute atomic E-state index is 0.319. The molecule has 0 aliphatic carbocycles. The van der Waals surface area contributed by atoms with Crippen molar-refractivity contribution in [3.63, 3.8) is 0 Å². The van der Waals surface area contributed by atoms with Gasteiger partial charge in [-0.05, 0) is 12.8 Å².